The first-order chi connectivity index (χ1) is 12.3. The fourth-order valence-corrected chi connectivity index (χ4v) is 2.14. The highest BCUT2D eigenvalue weighted by molar-refractivity contribution is 5.83. The number of urea groups is 1. The van der Waals surface area contributed by atoms with Crippen molar-refractivity contribution in [3.8, 4) is 0 Å². The second-order valence-electron chi connectivity index (χ2n) is 5.53. The van der Waals surface area contributed by atoms with E-state index in [4.69, 9.17) is 4.42 Å². The highest BCUT2D eigenvalue weighted by Gasteiger charge is 2.30. The lowest BCUT2D eigenvalue weighted by atomic mass is 10.1. The molecular weight excluding hydrogens is 351 g/mol. The average molecular weight is 369 g/mol. The summed E-state index contributed by atoms with van der Waals surface area (Å²) in [5, 5.41) is 7.38. The van der Waals surface area contributed by atoms with Crippen LogP contribution in [-0.4, -0.2) is 18.5 Å². The van der Waals surface area contributed by atoms with Gasteiger partial charge in [-0.25, -0.2) is 4.79 Å². The number of alkyl halides is 3. The van der Waals surface area contributed by atoms with Crippen molar-refractivity contribution in [1.29, 1.82) is 0 Å². The number of nitrogens with one attached hydrogen (secondary N) is 3. The zero-order valence-electron chi connectivity index (χ0n) is 13.9. The number of amides is 3. The van der Waals surface area contributed by atoms with Gasteiger partial charge in [-0.2, -0.15) is 13.2 Å². The molecule has 3 amide bonds. The van der Waals surface area contributed by atoms with Gasteiger partial charge in [0.15, 0.2) is 0 Å². The van der Waals surface area contributed by atoms with Crippen LogP contribution in [0.3, 0.4) is 0 Å². The number of hydrogen-bond acceptors (Lipinski definition) is 3. The van der Waals surface area contributed by atoms with Crippen molar-refractivity contribution in [3.63, 3.8) is 0 Å². The second kappa shape index (κ2) is 8.41. The highest BCUT2D eigenvalue weighted by atomic mass is 19.4. The Labute approximate surface area is 147 Å². The van der Waals surface area contributed by atoms with Crippen molar-refractivity contribution in [1.82, 2.24) is 16.0 Å². The zero-order chi connectivity index (χ0) is 19.2. The van der Waals surface area contributed by atoms with E-state index in [0.717, 1.165) is 12.1 Å². The molecule has 1 aromatic carbocycles. The van der Waals surface area contributed by atoms with Crippen LogP contribution in [0.2, 0.25) is 0 Å². The topological polar surface area (TPSA) is 83.4 Å². The molecule has 0 saturated heterocycles. The third-order valence-electron chi connectivity index (χ3n) is 3.51. The van der Waals surface area contributed by atoms with Crippen molar-refractivity contribution in [2.24, 2.45) is 0 Å². The smallest absolute Gasteiger partial charge is 0.416 e. The fraction of sp³-hybridized carbons (Fsp3) is 0.294. The van der Waals surface area contributed by atoms with Gasteiger partial charge in [0.1, 0.15) is 5.76 Å². The Bertz CT molecular complexity index is 745. The molecule has 3 N–H and O–H groups in total. The molecule has 1 unspecified atom stereocenters. The molecule has 1 heterocycles. The zero-order valence-corrected chi connectivity index (χ0v) is 13.9. The maximum atomic E-state index is 12.7. The van der Waals surface area contributed by atoms with E-state index < -0.39 is 29.7 Å². The molecule has 9 heteroatoms. The Morgan fingerprint density at radius 3 is 2.58 bits per heavy atom. The molecule has 0 aliphatic rings. The maximum Gasteiger partial charge on any atom is 0.416 e. The lowest BCUT2D eigenvalue weighted by molar-refractivity contribution is -0.137. The van der Waals surface area contributed by atoms with Gasteiger partial charge in [0.2, 0.25) is 5.91 Å². The minimum atomic E-state index is -4.45. The molecule has 2 aromatic rings. The minimum absolute atomic E-state index is 0.190. The standard InChI is InChI=1S/C17H18F3N3O3/c1-11(12-4-2-5-13(8-12)17(18,19)20)23-16(25)22-10-15(24)21-9-14-6-3-7-26-14/h2-8,11H,9-10H2,1H3,(H,21,24)(H2,22,23,25). The first-order valence-corrected chi connectivity index (χ1v) is 7.76. The van der Waals surface area contributed by atoms with Gasteiger partial charge in [-0.05, 0) is 36.8 Å². The van der Waals surface area contributed by atoms with Crippen molar-refractivity contribution in [3.05, 3.63) is 59.5 Å². The SMILES string of the molecule is CC(NC(=O)NCC(=O)NCc1ccco1)c1cccc(C(F)(F)F)c1. The number of halogens is 3. The molecular formula is C17H18F3N3O3. The van der Waals surface area contributed by atoms with Gasteiger partial charge in [0.05, 0.1) is 31.0 Å². The molecule has 1 aromatic heterocycles. The quantitative estimate of drug-likeness (QED) is 0.732. The molecule has 140 valence electrons. The number of rotatable bonds is 6. The van der Waals surface area contributed by atoms with Gasteiger partial charge in [-0.1, -0.05) is 12.1 Å². The third-order valence-corrected chi connectivity index (χ3v) is 3.51. The summed E-state index contributed by atoms with van der Waals surface area (Å²) in [6.07, 6.45) is -2.98. The van der Waals surface area contributed by atoms with Gasteiger partial charge in [-0.3, -0.25) is 4.79 Å². The summed E-state index contributed by atoms with van der Waals surface area (Å²) >= 11 is 0. The first kappa shape index (κ1) is 19.4. The van der Waals surface area contributed by atoms with Crippen LogP contribution >= 0.6 is 0 Å². The predicted molar refractivity (Wildman–Crippen MR) is 86.9 cm³/mol. The monoisotopic (exact) mass is 369 g/mol. The summed E-state index contributed by atoms with van der Waals surface area (Å²) in [6, 6.07) is 6.73. The van der Waals surface area contributed by atoms with E-state index in [-0.39, 0.29) is 13.1 Å². The van der Waals surface area contributed by atoms with E-state index in [1.165, 1.54) is 18.4 Å². The van der Waals surface area contributed by atoms with E-state index in [1.54, 1.807) is 19.1 Å². The van der Waals surface area contributed by atoms with Crippen LogP contribution in [0.15, 0.2) is 47.1 Å². The van der Waals surface area contributed by atoms with Gasteiger partial charge < -0.3 is 20.4 Å². The Hall–Kier alpha value is -2.97. The van der Waals surface area contributed by atoms with Crippen molar-refractivity contribution >= 4 is 11.9 Å². The van der Waals surface area contributed by atoms with Crippen LogP contribution in [0, 0.1) is 0 Å². The van der Waals surface area contributed by atoms with Crippen LogP contribution in [0.1, 0.15) is 29.9 Å². The molecule has 0 aliphatic heterocycles. The van der Waals surface area contributed by atoms with Crippen LogP contribution in [0.5, 0.6) is 0 Å². The van der Waals surface area contributed by atoms with Gasteiger partial charge in [0.25, 0.3) is 0 Å². The molecule has 2 rings (SSSR count). The summed E-state index contributed by atoms with van der Waals surface area (Å²) in [4.78, 5) is 23.4. The van der Waals surface area contributed by atoms with E-state index in [9.17, 15) is 22.8 Å². The summed E-state index contributed by atoms with van der Waals surface area (Å²) in [6.45, 7) is 1.46. The van der Waals surface area contributed by atoms with Gasteiger partial charge in [0, 0.05) is 0 Å². The van der Waals surface area contributed by atoms with Crippen molar-refractivity contribution < 1.29 is 27.2 Å². The normalized spacial score (nSPS) is 12.3. The van der Waals surface area contributed by atoms with Gasteiger partial charge in [-0.15, -0.1) is 0 Å². The van der Waals surface area contributed by atoms with E-state index >= 15 is 0 Å². The predicted octanol–water partition coefficient (Wildman–Crippen LogP) is 2.98. The van der Waals surface area contributed by atoms with E-state index in [0.29, 0.717) is 11.3 Å². The fourth-order valence-electron chi connectivity index (χ4n) is 2.14. The minimum Gasteiger partial charge on any atom is -0.467 e. The third kappa shape index (κ3) is 5.83. The molecule has 0 radical (unpaired) electrons. The highest BCUT2D eigenvalue weighted by Crippen LogP contribution is 2.30. The molecule has 1 atom stereocenters. The van der Waals surface area contributed by atoms with Crippen LogP contribution in [-0.2, 0) is 17.5 Å². The Morgan fingerprint density at radius 1 is 1.15 bits per heavy atom. The second-order valence-corrected chi connectivity index (χ2v) is 5.53. The lowest BCUT2D eigenvalue weighted by Gasteiger charge is -2.16. The van der Waals surface area contributed by atoms with E-state index in [1.807, 2.05) is 0 Å². The number of furan rings is 1. The van der Waals surface area contributed by atoms with E-state index in [2.05, 4.69) is 16.0 Å². The maximum absolute atomic E-state index is 12.7. The Kier molecular flexibility index (Phi) is 6.26. The first-order valence-electron chi connectivity index (χ1n) is 7.76. The molecule has 0 bridgehead atoms. The van der Waals surface area contributed by atoms with Crippen LogP contribution in [0.25, 0.3) is 0 Å². The number of carbonyl (C=O) groups is 2. The molecule has 0 saturated carbocycles. The Balaban J connectivity index is 1.79. The summed E-state index contributed by atoms with van der Waals surface area (Å²) in [7, 11) is 0. The summed E-state index contributed by atoms with van der Waals surface area (Å²) in [5.74, 6) is 0.143. The molecule has 6 nitrogen and oxygen atoms in total. The molecule has 0 fully saturated rings. The van der Waals surface area contributed by atoms with Crippen molar-refractivity contribution in [2.45, 2.75) is 25.7 Å². The van der Waals surface area contributed by atoms with Crippen molar-refractivity contribution in [2.75, 3.05) is 6.54 Å². The van der Waals surface area contributed by atoms with Gasteiger partial charge >= 0.3 is 12.2 Å². The average Bonchev–Trinajstić information content (AvgIpc) is 3.11. The molecule has 0 aliphatic carbocycles. The lowest BCUT2D eigenvalue weighted by Crippen LogP contribution is -2.42. The molecule has 26 heavy (non-hydrogen) atoms. The summed E-state index contributed by atoms with van der Waals surface area (Å²) < 4.78 is 43.2. The largest absolute Gasteiger partial charge is 0.467 e. The summed E-state index contributed by atoms with van der Waals surface area (Å²) in [5.41, 5.74) is -0.487. The number of hydrogen-bond donors (Lipinski definition) is 3. The number of carbonyl (C=O) groups excluding carboxylic acids is 2. The Morgan fingerprint density at radius 2 is 1.92 bits per heavy atom. The van der Waals surface area contributed by atoms with Crippen LogP contribution in [0.4, 0.5) is 18.0 Å². The number of benzene rings is 1. The van der Waals surface area contributed by atoms with Crippen LogP contribution < -0.4 is 16.0 Å². The molecule has 0 spiro atoms.